The highest BCUT2D eigenvalue weighted by Gasteiger charge is 2.16. The van der Waals surface area contributed by atoms with Crippen molar-refractivity contribution in [1.82, 2.24) is 4.90 Å². The molecule has 0 aliphatic carbocycles. The zero-order valence-electron chi connectivity index (χ0n) is 20.6. The number of benzene rings is 2. The molecule has 3 aromatic rings. The number of anilines is 1. The first-order valence-corrected chi connectivity index (χ1v) is 10.7. The number of rotatable bonds is 7. The van der Waals surface area contributed by atoms with E-state index >= 15 is 0 Å². The predicted octanol–water partition coefficient (Wildman–Crippen LogP) is 6.76. The molecule has 0 radical (unpaired) electrons. The molecule has 35 heavy (non-hydrogen) atoms. The van der Waals surface area contributed by atoms with Crippen LogP contribution in [0, 0.1) is 11.8 Å². The lowest BCUT2D eigenvalue weighted by Gasteiger charge is -2.12. The minimum atomic E-state index is -1.03. The molecule has 0 bridgehead atoms. The average molecular weight is 478 g/mol. The predicted molar refractivity (Wildman–Crippen MR) is 142 cm³/mol. The van der Waals surface area contributed by atoms with Gasteiger partial charge in [0.15, 0.2) is 6.29 Å². The zero-order chi connectivity index (χ0) is 26.4. The minimum Gasteiger partial charge on any atom is -0.475 e. The van der Waals surface area contributed by atoms with Gasteiger partial charge in [-0.25, -0.2) is 4.79 Å². The summed E-state index contributed by atoms with van der Waals surface area (Å²) < 4.78 is 5.26. The summed E-state index contributed by atoms with van der Waals surface area (Å²) >= 11 is 0. The Labute approximate surface area is 205 Å². The highest BCUT2D eigenvalue weighted by Crippen LogP contribution is 2.27. The van der Waals surface area contributed by atoms with Crippen molar-refractivity contribution in [3.63, 3.8) is 0 Å². The number of nitrogens with zero attached hydrogens (tertiary/aromatic N) is 2. The van der Waals surface area contributed by atoms with E-state index in [2.05, 4.69) is 17.1 Å². The van der Waals surface area contributed by atoms with Crippen molar-refractivity contribution in [1.29, 1.82) is 0 Å². The number of fused-ring (bicyclic) bond motifs is 1. The van der Waals surface area contributed by atoms with Crippen LogP contribution in [0.15, 0.2) is 82.7 Å². The number of nitrogens with one attached hydrogen (secondary N) is 1. The molecule has 0 aliphatic heterocycles. The highest BCUT2D eigenvalue weighted by molar-refractivity contribution is 5.95. The van der Waals surface area contributed by atoms with Gasteiger partial charge < -0.3 is 19.7 Å². The van der Waals surface area contributed by atoms with Gasteiger partial charge >= 0.3 is 5.97 Å². The van der Waals surface area contributed by atoms with Crippen LogP contribution in [-0.4, -0.2) is 36.4 Å². The summed E-state index contributed by atoms with van der Waals surface area (Å²) in [6.07, 6.45) is 7.82. The van der Waals surface area contributed by atoms with E-state index in [1.54, 1.807) is 68.5 Å². The zero-order valence-corrected chi connectivity index (χ0v) is 20.6. The molecule has 2 aromatic carbocycles. The molecule has 184 valence electrons. The van der Waals surface area contributed by atoms with Gasteiger partial charge in [0, 0.05) is 36.8 Å². The number of aryl methyl sites for hydroxylation is 1. The number of nitroso groups, excluding NO2 is 1. The first-order chi connectivity index (χ1) is 16.8. The summed E-state index contributed by atoms with van der Waals surface area (Å²) in [5.74, 6) is -1.02. The van der Waals surface area contributed by atoms with E-state index in [0.29, 0.717) is 22.5 Å². The lowest BCUT2D eigenvalue weighted by molar-refractivity contribution is -0.105. The number of hydrogen-bond acceptors (Lipinski definition) is 7. The topological polar surface area (TPSA) is 112 Å². The standard InChI is InChI=1S/C13H14N2O2.C11H11NO3.C3H6/c1-3-7-15(2)13(10-16)9-11-5-4-6-12(8-11)14-17;1-6-8-4-3-7(12-2)5-9(8)15-10(6)11(13)14;1-3-2/h3-10H,1-2H3;3-5,12H,1-2H3,(H,13,14);3H,1H2,2H3/b7-3+,13-9-;;. The number of carbonyl (C=O) groups excluding carboxylic acids is 1. The third-order valence-electron chi connectivity index (χ3n) is 4.61. The van der Waals surface area contributed by atoms with Crippen LogP contribution in [0.2, 0.25) is 0 Å². The lowest BCUT2D eigenvalue weighted by Crippen LogP contribution is -2.10. The average Bonchev–Trinajstić information content (AvgIpc) is 3.19. The minimum absolute atomic E-state index is 0.0123. The van der Waals surface area contributed by atoms with Crippen LogP contribution in [0.3, 0.4) is 0 Å². The summed E-state index contributed by atoms with van der Waals surface area (Å²) in [6.45, 7) is 8.87. The number of likely N-dealkylation sites (N-methyl/N-ethyl adjacent to an activating group) is 1. The summed E-state index contributed by atoms with van der Waals surface area (Å²) in [4.78, 5) is 33.9. The van der Waals surface area contributed by atoms with Crippen LogP contribution < -0.4 is 5.32 Å². The number of carboxylic acid groups (broad SMARTS) is 1. The van der Waals surface area contributed by atoms with E-state index in [1.165, 1.54) is 0 Å². The van der Waals surface area contributed by atoms with Crippen molar-refractivity contribution in [2.24, 2.45) is 5.18 Å². The summed E-state index contributed by atoms with van der Waals surface area (Å²) in [5.41, 5.74) is 3.77. The Hall–Kier alpha value is -4.46. The first-order valence-electron chi connectivity index (χ1n) is 10.7. The molecular weight excluding hydrogens is 446 g/mol. The van der Waals surface area contributed by atoms with Crippen molar-refractivity contribution in [3.05, 3.63) is 94.9 Å². The molecule has 0 atom stereocenters. The van der Waals surface area contributed by atoms with Gasteiger partial charge in [0.1, 0.15) is 11.3 Å². The largest absolute Gasteiger partial charge is 0.475 e. The Kier molecular flexibility index (Phi) is 12.0. The Morgan fingerprint density at radius 2 is 1.89 bits per heavy atom. The molecule has 8 nitrogen and oxygen atoms in total. The number of allylic oxidation sites excluding steroid dienone is 3. The number of aromatic carboxylic acids is 1. The third kappa shape index (κ3) is 8.43. The van der Waals surface area contributed by atoms with Gasteiger partial charge in [-0.1, -0.05) is 24.3 Å². The van der Waals surface area contributed by atoms with Gasteiger partial charge in [-0.2, -0.15) is 0 Å². The van der Waals surface area contributed by atoms with E-state index in [1.807, 2.05) is 38.1 Å². The van der Waals surface area contributed by atoms with E-state index in [4.69, 9.17) is 9.52 Å². The van der Waals surface area contributed by atoms with Gasteiger partial charge in [-0.05, 0) is 68.1 Å². The summed E-state index contributed by atoms with van der Waals surface area (Å²) in [5, 5.41) is 15.5. The van der Waals surface area contributed by atoms with E-state index < -0.39 is 5.97 Å². The number of furan rings is 1. The van der Waals surface area contributed by atoms with Gasteiger partial charge in [-0.15, -0.1) is 11.5 Å². The molecule has 0 spiro atoms. The summed E-state index contributed by atoms with van der Waals surface area (Å²) in [7, 11) is 3.58. The molecule has 1 heterocycles. The normalized spacial score (nSPS) is 10.5. The highest BCUT2D eigenvalue weighted by atomic mass is 16.4. The molecule has 3 rings (SSSR count). The second kappa shape index (κ2) is 14.6. The fourth-order valence-electron chi connectivity index (χ4n) is 2.96. The van der Waals surface area contributed by atoms with Gasteiger partial charge in [-0.3, -0.25) is 4.79 Å². The van der Waals surface area contributed by atoms with Crippen LogP contribution in [0.1, 0.15) is 35.5 Å². The fourth-order valence-corrected chi connectivity index (χ4v) is 2.96. The molecule has 0 saturated heterocycles. The number of carbonyl (C=O) groups is 2. The Balaban J connectivity index is 0.000000316. The van der Waals surface area contributed by atoms with Crippen LogP contribution in [0.4, 0.5) is 11.4 Å². The van der Waals surface area contributed by atoms with Crippen molar-refractivity contribution in [3.8, 4) is 0 Å². The number of aldehydes is 1. The van der Waals surface area contributed by atoms with Crippen LogP contribution in [0.5, 0.6) is 0 Å². The molecule has 0 saturated carbocycles. The van der Waals surface area contributed by atoms with E-state index in [9.17, 15) is 14.5 Å². The molecule has 1 aromatic heterocycles. The lowest BCUT2D eigenvalue weighted by atomic mass is 10.1. The maximum Gasteiger partial charge on any atom is 0.372 e. The Morgan fingerprint density at radius 3 is 2.43 bits per heavy atom. The van der Waals surface area contributed by atoms with Crippen LogP contribution >= 0.6 is 0 Å². The molecular formula is C27H31N3O5. The van der Waals surface area contributed by atoms with Crippen molar-refractivity contribution in [2.75, 3.05) is 19.4 Å². The Bertz CT molecular complexity index is 1220. The molecule has 0 fully saturated rings. The van der Waals surface area contributed by atoms with E-state index in [-0.39, 0.29) is 5.76 Å². The van der Waals surface area contributed by atoms with Crippen LogP contribution in [0.25, 0.3) is 17.0 Å². The molecule has 8 heteroatoms. The van der Waals surface area contributed by atoms with Gasteiger partial charge in [0.25, 0.3) is 0 Å². The van der Waals surface area contributed by atoms with Crippen molar-refractivity contribution < 1.29 is 19.1 Å². The summed E-state index contributed by atoms with van der Waals surface area (Å²) in [6, 6.07) is 12.3. The van der Waals surface area contributed by atoms with Crippen molar-refractivity contribution in [2.45, 2.75) is 20.8 Å². The second-order valence-corrected chi connectivity index (χ2v) is 7.20. The van der Waals surface area contributed by atoms with E-state index in [0.717, 1.165) is 22.9 Å². The Morgan fingerprint density at radius 1 is 1.20 bits per heavy atom. The molecule has 0 aliphatic rings. The molecule has 2 N–H and O–H groups in total. The smallest absolute Gasteiger partial charge is 0.372 e. The second-order valence-electron chi connectivity index (χ2n) is 7.20. The maximum absolute atomic E-state index is 11.0. The SMILES string of the molecule is C/C=C/N(C)/C(C=O)=C\c1cccc(N=O)c1.C=CC.CNc1ccc2c(C)c(C(=O)O)oc2c1. The quantitative estimate of drug-likeness (QED) is 0.167. The molecule has 0 amide bonds. The number of carboxylic acids is 1. The van der Waals surface area contributed by atoms with Crippen LogP contribution in [-0.2, 0) is 4.79 Å². The monoisotopic (exact) mass is 477 g/mol. The van der Waals surface area contributed by atoms with Crippen molar-refractivity contribution >= 4 is 40.7 Å². The first kappa shape index (κ1) is 28.6. The van der Waals surface area contributed by atoms with Gasteiger partial charge in [0.2, 0.25) is 5.76 Å². The maximum atomic E-state index is 11.0. The van der Waals surface area contributed by atoms with Gasteiger partial charge in [0.05, 0.1) is 5.70 Å². The molecule has 0 unspecified atom stereocenters. The number of hydrogen-bond donors (Lipinski definition) is 2. The third-order valence-corrected chi connectivity index (χ3v) is 4.61. The fraction of sp³-hybridized carbons (Fsp3) is 0.185.